The first-order chi connectivity index (χ1) is 15.3. The van der Waals surface area contributed by atoms with Crippen LogP contribution in [-0.4, -0.2) is 38.8 Å². The largest absolute Gasteiger partial charge is 0.467 e. The molecule has 1 unspecified atom stereocenters. The number of furan rings is 1. The number of hydrogen-bond donors (Lipinski definition) is 0. The average molecular weight is 476 g/mol. The second-order valence-electron chi connectivity index (χ2n) is 7.79. The zero-order valence-corrected chi connectivity index (χ0v) is 19.9. The number of carbonyl (C=O) groups excluding carboxylic acids is 2. The van der Waals surface area contributed by atoms with Crippen LogP contribution >= 0.6 is 23.2 Å². The zero-order valence-electron chi connectivity index (χ0n) is 18.4. The third-order valence-corrected chi connectivity index (χ3v) is 5.92. The van der Waals surface area contributed by atoms with Crippen molar-refractivity contribution in [3.63, 3.8) is 0 Å². The molecule has 3 rings (SSSR count). The molecular formula is C24H27Cl2N3O3. The van der Waals surface area contributed by atoms with E-state index in [0.29, 0.717) is 40.9 Å². The number of rotatable bonds is 9. The molecule has 3 aromatic rings. The molecule has 170 valence electrons. The first-order valence-electron chi connectivity index (χ1n) is 10.5. The van der Waals surface area contributed by atoms with Crippen LogP contribution in [0.5, 0.6) is 0 Å². The van der Waals surface area contributed by atoms with Crippen molar-refractivity contribution in [2.45, 2.75) is 39.4 Å². The Morgan fingerprint density at radius 3 is 2.38 bits per heavy atom. The zero-order chi connectivity index (χ0) is 23.3. The van der Waals surface area contributed by atoms with Crippen LogP contribution in [0.25, 0.3) is 0 Å². The van der Waals surface area contributed by atoms with Crippen molar-refractivity contribution in [1.82, 2.24) is 14.4 Å². The molecule has 0 spiro atoms. The number of nitrogens with zero attached hydrogens (tertiary/aromatic N) is 3. The second-order valence-corrected chi connectivity index (χ2v) is 8.66. The van der Waals surface area contributed by atoms with E-state index in [4.69, 9.17) is 27.6 Å². The molecule has 2 heterocycles. The Morgan fingerprint density at radius 1 is 1.09 bits per heavy atom. The normalized spacial score (nSPS) is 11.9. The molecule has 0 aliphatic rings. The first-order valence-corrected chi connectivity index (χ1v) is 11.2. The van der Waals surface area contributed by atoms with Crippen molar-refractivity contribution in [2.75, 3.05) is 6.54 Å². The van der Waals surface area contributed by atoms with Gasteiger partial charge in [0, 0.05) is 40.6 Å². The van der Waals surface area contributed by atoms with Crippen molar-refractivity contribution >= 4 is 35.0 Å². The van der Waals surface area contributed by atoms with Gasteiger partial charge in [0.15, 0.2) is 0 Å². The van der Waals surface area contributed by atoms with E-state index >= 15 is 0 Å². The highest BCUT2D eigenvalue weighted by Gasteiger charge is 2.27. The summed E-state index contributed by atoms with van der Waals surface area (Å²) in [6.07, 6.45) is 4.21. The van der Waals surface area contributed by atoms with Crippen LogP contribution in [0.15, 0.2) is 59.3 Å². The molecule has 2 aromatic heterocycles. The SMILES string of the molecule is CCC(C)N(CC(=O)N(Cc1ccco1)Cc1cccn1C)C(=O)c1cc(Cl)cc(Cl)c1. The van der Waals surface area contributed by atoms with Crippen molar-refractivity contribution in [1.29, 1.82) is 0 Å². The highest BCUT2D eigenvalue weighted by Crippen LogP contribution is 2.22. The lowest BCUT2D eigenvalue weighted by Crippen LogP contribution is -2.46. The summed E-state index contributed by atoms with van der Waals surface area (Å²) < 4.78 is 7.44. The van der Waals surface area contributed by atoms with Crippen molar-refractivity contribution in [3.05, 3.63) is 82.0 Å². The van der Waals surface area contributed by atoms with Crippen molar-refractivity contribution < 1.29 is 14.0 Å². The third kappa shape index (κ3) is 5.96. The predicted octanol–water partition coefficient (Wildman–Crippen LogP) is 5.39. The first kappa shape index (κ1) is 24.0. The summed E-state index contributed by atoms with van der Waals surface area (Å²) in [5.41, 5.74) is 1.34. The topological polar surface area (TPSA) is 58.7 Å². The van der Waals surface area contributed by atoms with Crippen LogP contribution in [-0.2, 0) is 24.9 Å². The number of carbonyl (C=O) groups is 2. The van der Waals surface area contributed by atoms with Gasteiger partial charge in [-0.2, -0.15) is 0 Å². The Morgan fingerprint density at radius 2 is 1.81 bits per heavy atom. The lowest BCUT2D eigenvalue weighted by atomic mass is 10.1. The quantitative estimate of drug-likeness (QED) is 0.416. The van der Waals surface area contributed by atoms with Crippen LogP contribution in [0.2, 0.25) is 10.0 Å². The molecule has 0 N–H and O–H groups in total. The van der Waals surface area contributed by atoms with Gasteiger partial charge in [0.2, 0.25) is 5.91 Å². The lowest BCUT2D eigenvalue weighted by Gasteiger charge is -2.31. The van der Waals surface area contributed by atoms with E-state index in [1.807, 2.05) is 49.9 Å². The van der Waals surface area contributed by atoms with Crippen LogP contribution in [0.3, 0.4) is 0 Å². The summed E-state index contributed by atoms with van der Waals surface area (Å²) >= 11 is 12.2. The number of hydrogen-bond acceptors (Lipinski definition) is 3. The predicted molar refractivity (Wildman–Crippen MR) is 126 cm³/mol. The van der Waals surface area contributed by atoms with E-state index in [1.165, 1.54) is 0 Å². The van der Waals surface area contributed by atoms with E-state index in [2.05, 4.69) is 0 Å². The minimum Gasteiger partial charge on any atom is -0.467 e. The van der Waals surface area contributed by atoms with E-state index in [0.717, 1.165) is 5.69 Å². The molecular weight excluding hydrogens is 449 g/mol. The molecule has 0 fully saturated rings. The van der Waals surface area contributed by atoms with Gasteiger partial charge in [-0.1, -0.05) is 30.1 Å². The number of benzene rings is 1. The summed E-state index contributed by atoms with van der Waals surface area (Å²) in [5.74, 6) is 0.217. The van der Waals surface area contributed by atoms with Crippen LogP contribution in [0.4, 0.5) is 0 Å². The molecule has 0 saturated carbocycles. The fourth-order valence-corrected chi connectivity index (χ4v) is 3.94. The molecule has 0 aliphatic heterocycles. The Balaban J connectivity index is 1.85. The fraction of sp³-hybridized carbons (Fsp3) is 0.333. The maximum Gasteiger partial charge on any atom is 0.254 e. The maximum atomic E-state index is 13.4. The smallest absolute Gasteiger partial charge is 0.254 e. The van der Waals surface area contributed by atoms with Gasteiger partial charge < -0.3 is 18.8 Å². The Kier molecular flexibility index (Phi) is 8.04. The molecule has 2 amide bonds. The van der Waals surface area contributed by atoms with Gasteiger partial charge in [-0.05, 0) is 55.8 Å². The van der Waals surface area contributed by atoms with Crippen molar-refractivity contribution in [2.24, 2.45) is 7.05 Å². The Hall–Kier alpha value is -2.70. The van der Waals surface area contributed by atoms with E-state index in [1.54, 1.807) is 40.3 Å². The van der Waals surface area contributed by atoms with Gasteiger partial charge in [-0.15, -0.1) is 0 Å². The van der Waals surface area contributed by atoms with E-state index in [-0.39, 0.29) is 24.4 Å². The summed E-state index contributed by atoms with van der Waals surface area (Å²) in [7, 11) is 1.93. The summed E-state index contributed by atoms with van der Waals surface area (Å²) in [6.45, 7) is 4.54. The Bertz CT molecular complexity index is 1040. The summed E-state index contributed by atoms with van der Waals surface area (Å²) in [6, 6.07) is 12.1. The highest BCUT2D eigenvalue weighted by molar-refractivity contribution is 6.35. The third-order valence-electron chi connectivity index (χ3n) is 5.48. The van der Waals surface area contributed by atoms with Gasteiger partial charge in [0.25, 0.3) is 5.91 Å². The van der Waals surface area contributed by atoms with Gasteiger partial charge in [0.05, 0.1) is 19.4 Å². The Labute approximate surface area is 198 Å². The maximum absolute atomic E-state index is 13.4. The van der Waals surface area contributed by atoms with Gasteiger partial charge >= 0.3 is 0 Å². The lowest BCUT2D eigenvalue weighted by molar-refractivity contribution is -0.134. The fourth-order valence-electron chi connectivity index (χ4n) is 3.42. The molecule has 1 atom stereocenters. The minimum atomic E-state index is -0.283. The van der Waals surface area contributed by atoms with Gasteiger partial charge in [0.1, 0.15) is 12.3 Å². The molecule has 0 bridgehead atoms. The van der Waals surface area contributed by atoms with Crippen LogP contribution in [0, 0.1) is 0 Å². The summed E-state index contributed by atoms with van der Waals surface area (Å²) in [4.78, 5) is 30.0. The molecule has 0 saturated heterocycles. The van der Waals surface area contributed by atoms with Gasteiger partial charge in [-0.25, -0.2) is 0 Å². The van der Waals surface area contributed by atoms with Crippen LogP contribution in [0.1, 0.15) is 42.1 Å². The highest BCUT2D eigenvalue weighted by atomic mass is 35.5. The minimum absolute atomic E-state index is 0.0664. The standard InChI is InChI=1S/C24H27Cl2N3O3/c1-4-17(2)29(24(31)18-11-19(25)13-20(26)12-18)16-23(30)28(15-22-8-6-10-32-22)14-21-7-5-9-27(21)3/h5-13,17H,4,14-16H2,1-3H3. The number of aromatic nitrogens is 1. The van der Waals surface area contributed by atoms with Crippen molar-refractivity contribution in [3.8, 4) is 0 Å². The molecule has 32 heavy (non-hydrogen) atoms. The molecule has 0 radical (unpaired) electrons. The monoisotopic (exact) mass is 475 g/mol. The molecule has 6 nitrogen and oxygen atoms in total. The molecule has 1 aromatic carbocycles. The number of amides is 2. The molecule has 8 heteroatoms. The van der Waals surface area contributed by atoms with Crippen LogP contribution < -0.4 is 0 Å². The van der Waals surface area contributed by atoms with E-state index < -0.39 is 0 Å². The average Bonchev–Trinajstić information content (AvgIpc) is 3.41. The van der Waals surface area contributed by atoms with Gasteiger partial charge in [-0.3, -0.25) is 9.59 Å². The van der Waals surface area contributed by atoms with E-state index in [9.17, 15) is 9.59 Å². The second kappa shape index (κ2) is 10.7. The summed E-state index contributed by atoms with van der Waals surface area (Å²) in [5, 5.41) is 0.749. The number of halogens is 2. The number of aryl methyl sites for hydroxylation is 1. The molecule has 0 aliphatic carbocycles.